The summed E-state index contributed by atoms with van der Waals surface area (Å²) in [5.74, 6) is 0.310. The summed E-state index contributed by atoms with van der Waals surface area (Å²) in [6.07, 6.45) is 6.21. The number of likely N-dealkylation sites (tertiary alicyclic amines) is 1. The van der Waals surface area contributed by atoms with E-state index in [1.165, 1.54) is 12.8 Å². The van der Waals surface area contributed by atoms with E-state index >= 15 is 0 Å². The van der Waals surface area contributed by atoms with Crippen molar-refractivity contribution in [1.82, 2.24) is 15.2 Å². The summed E-state index contributed by atoms with van der Waals surface area (Å²) in [7, 11) is 0. The SMILES string of the molecule is Cc1ncsc1-c1ccc([C@H](C)NC(=O)[C@@H]2C[C@@H](O)CN2C(=O)C(C(C)(C)C)C2(C)CCCC(C(C)(C)C)CCC2)cc1. The largest absolute Gasteiger partial charge is 0.391 e. The number of aliphatic hydroxyl groups is 1. The highest BCUT2D eigenvalue weighted by atomic mass is 32.1. The molecule has 1 saturated carbocycles. The fraction of sp³-hybridized carbons (Fsp3) is 0.694. The summed E-state index contributed by atoms with van der Waals surface area (Å²) in [4.78, 5) is 35.5. The molecular formula is C36H55N3O3S. The van der Waals surface area contributed by atoms with Gasteiger partial charge in [-0.1, -0.05) is 85.6 Å². The number of nitrogens with one attached hydrogen (secondary N) is 1. The van der Waals surface area contributed by atoms with Crippen LogP contribution in [0.1, 0.15) is 118 Å². The number of amides is 2. The molecule has 2 N–H and O–H groups in total. The molecule has 1 aliphatic heterocycles. The minimum absolute atomic E-state index is 0.0246. The Labute approximate surface area is 264 Å². The van der Waals surface area contributed by atoms with Crippen LogP contribution in [0.15, 0.2) is 29.8 Å². The molecule has 238 valence electrons. The van der Waals surface area contributed by atoms with E-state index in [9.17, 15) is 14.7 Å². The van der Waals surface area contributed by atoms with Gasteiger partial charge in [-0.3, -0.25) is 9.59 Å². The zero-order valence-corrected chi connectivity index (χ0v) is 28.8. The molecule has 4 rings (SSSR count). The average Bonchev–Trinajstić information content (AvgIpc) is 3.50. The Morgan fingerprint density at radius 2 is 1.67 bits per heavy atom. The maximum absolute atomic E-state index is 14.5. The molecule has 1 aromatic heterocycles. The number of benzene rings is 1. The standard InChI is InChI=1S/C36H55N3O3S/c1-23(25-14-16-26(17-15-25)30-24(2)37-22-43-30)38-32(41)29-20-28(40)21-39(29)33(42)31(35(6,7)8)36(9)18-10-12-27(13-11-19-36)34(3,4)5/h14-17,22-23,27-29,31,40H,10-13,18-21H2,1-9H3,(H,38,41)/t23-,27?,28+,29-,31?,36?/m0/s1. The second kappa shape index (κ2) is 13.0. The molecule has 1 saturated heterocycles. The number of aromatic nitrogens is 1. The smallest absolute Gasteiger partial charge is 0.243 e. The second-order valence-corrected chi connectivity index (χ2v) is 16.7. The first kappa shape index (κ1) is 33.6. The van der Waals surface area contributed by atoms with E-state index in [1.807, 2.05) is 31.5 Å². The van der Waals surface area contributed by atoms with E-state index < -0.39 is 12.1 Å². The average molecular weight is 610 g/mol. The number of hydrogen-bond acceptors (Lipinski definition) is 5. The predicted octanol–water partition coefficient (Wildman–Crippen LogP) is 7.94. The number of aryl methyl sites for hydroxylation is 1. The van der Waals surface area contributed by atoms with Gasteiger partial charge in [0.1, 0.15) is 6.04 Å². The predicted molar refractivity (Wildman–Crippen MR) is 177 cm³/mol. The first-order valence-electron chi connectivity index (χ1n) is 16.3. The fourth-order valence-electron chi connectivity index (χ4n) is 8.01. The van der Waals surface area contributed by atoms with Gasteiger partial charge in [0.2, 0.25) is 11.8 Å². The van der Waals surface area contributed by atoms with Crippen molar-refractivity contribution in [2.24, 2.45) is 28.1 Å². The van der Waals surface area contributed by atoms with Crippen molar-refractivity contribution < 1.29 is 14.7 Å². The van der Waals surface area contributed by atoms with Crippen LogP contribution in [0.25, 0.3) is 10.4 Å². The third kappa shape index (κ3) is 7.70. The normalized spacial score (nSPS) is 26.8. The van der Waals surface area contributed by atoms with Gasteiger partial charge in [-0.2, -0.15) is 0 Å². The molecule has 2 amide bonds. The van der Waals surface area contributed by atoms with E-state index in [0.29, 0.717) is 11.3 Å². The minimum atomic E-state index is -0.699. The summed E-state index contributed by atoms with van der Waals surface area (Å²) >= 11 is 1.62. The van der Waals surface area contributed by atoms with Gasteiger partial charge in [-0.25, -0.2) is 4.98 Å². The fourth-order valence-corrected chi connectivity index (χ4v) is 8.82. The number of carbonyl (C=O) groups is 2. The Bertz CT molecular complexity index is 1250. The van der Waals surface area contributed by atoms with Crippen LogP contribution in [0.2, 0.25) is 0 Å². The van der Waals surface area contributed by atoms with Gasteiger partial charge in [0.25, 0.3) is 0 Å². The molecule has 2 heterocycles. The van der Waals surface area contributed by atoms with Crippen LogP contribution in [-0.4, -0.2) is 45.5 Å². The summed E-state index contributed by atoms with van der Waals surface area (Å²) in [6, 6.07) is 7.33. The monoisotopic (exact) mass is 609 g/mol. The van der Waals surface area contributed by atoms with Gasteiger partial charge in [-0.05, 0) is 72.8 Å². The Balaban J connectivity index is 1.49. The van der Waals surface area contributed by atoms with Crippen molar-refractivity contribution in [1.29, 1.82) is 0 Å². The Morgan fingerprint density at radius 3 is 2.19 bits per heavy atom. The first-order chi connectivity index (χ1) is 20.0. The lowest BCUT2D eigenvalue weighted by Gasteiger charge is -2.48. The quantitative estimate of drug-likeness (QED) is 0.348. The molecule has 4 atom stereocenters. The Hall–Kier alpha value is -2.25. The molecule has 2 fully saturated rings. The Morgan fingerprint density at radius 1 is 1.07 bits per heavy atom. The van der Waals surface area contributed by atoms with Crippen molar-refractivity contribution in [3.8, 4) is 10.4 Å². The minimum Gasteiger partial charge on any atom is -0.391 e. The molecule has 1 aliphatic carbocycles. The van der Waals surface area contributed by atoms with Crippen molar-refractivity contribution in [3.63, 3.8) is 0 Å². The third-order valence-corrected chi connectivity index (χ3v) is 11.3. The highest BCUT2D eigenvalue weighted by molar-refractivity contribution is 7.13. The lowest BCUT2D eigenvalue weighted by atomic mass is 9.58. The van der Waals surface area contributed by atoms with Gasteiger partial charge in [0.15, 0.2) is 0 Å². The maximum atomic E-state index is 14.5. The molecule has 2 aliphatic rings. The summed E-state index contributed by atoms with van der Waals surface area (Å²) in [5, 5.41) is 13.9. The molecule has 1 unspecified atom stereocenters. The van der Waals surface area contributed by atoms with Crippen LogP contribution in [-0.2, 0) is 9.59 Å². The van der Waals surface area contributed by atoms with Gasteiger partial charge >= 0.3 is 0 Å². The van der Waals surface area contributed by atoms with E-state index in [0.717, 1.165) is 47.4 Å². The van der Waals surface area contributed by atoms with Crippen LogP contribution in [0.4, 0.5) is 0 Å². The van der Waals surface area contributed by atoms with Gasteiger partial charge in [-0.15, -0.1) is 11.3 Å². The first-order valence-corrected chi connectivity index (χ1v) is 17.2. The molecule has 1 aromatic carbocycles. The van der Waals surface area contributed by atoms with E-state index in [2.05, 4.69) is 70.9 Å². The summed E-state index contributed by atoms with van der Waals surface area (Å²) in [5.41, 5.74) is 4.86. The lowest BCUT2D eigenvalue weighted by molar-refractivity contribution is -0.151. The van der Waals surface area contributed by atoms with Crippen LogP contribution < -0.4 is 5.32 Å². The molecule has 7 heteroatoms. The molecule has 0 bridgehead atoms. The summed E-state index contributed by atoms with van der Waals surface area (Å²) < 4.78 is 0. The van der Waals surface area contributed by atoms with Gasteiger partial charge in [0.05, 0.1) is 28.2 Å². The van der Waals surface area contributed by atoms with Crippen LogP contribution in [0, 0.1) is 35.0 Å². The molecule has 6 nitrogen and oxygen atoms in total. The van der Waals surface area contributed by atoms with Crippen LogP contribution >= 0.6 is 11.3 Å². The number of thiazole rings is 1. The third-order valence-electron chi connectivity index (χ3n) is 10.3. The molecule has 2 aromatic rings. The van der Waals surface area contributed by atoms with Crippen LogP contribution in [0.3, 0.4) is 0 Å². The van der Waals surface area contributed by atoms with E-state index in [-0.39, 0.29) is 47.6 Å². The van der Waals surface area contributed by atoms with E-state index in [4.69, 9.17) is 0 Å². The molecule has 0 radical (unpaired) electrons. The van der Waals surface area contributed by atoms with E-state index in [1.54, 1.807) is 16.2 Å². The number of rotatable bonds is 6. The van der Waals surface area contributed by atoms with Crippen LogP contribution in [0.5, 0.6) is 0 Å². The number of β-amino-alcohol motifs (C(OH)–C–C–N with tert-alkyl or cyclic N) is 1. The number of hydrogen-bond donors (Lipinski definition) is 2. The van der Waals surface area contributed by atoms with Crippen molar-refractivity contribution in [2.45, 2.75) is 125 Å². The zero-order chi connectivity index (χ0) is 31.7. The van der Waals surface area contributed by atoms with Crippen molar-refractivity contribution >= 4 is 23.2 Å². The number of aliphatic hydroxyl groups excluding tert-OH is 1. The zero-order valence-electron chi connectivity index (χ0n) is 28.0. The van der Waals surface area contributed by atoms with Gasteiger partial charge < -0.3 is 15.3 Å². The van der Waals surface area contributed by atoms with Crippen molar-refractivity contribution in [3.05, 3.63) is 41.0 Å². The lowest BCUT2D eigenvalue weighted by Crippen LogP contribution is -2.54. The number of nitrogens with zero attached hydrogens (tertiary/aromatic N) is 2. The van der Waals surface area contributed by atoms with Gasteiger partial charge in [0, 0.05) is 18.9 Å². The highest BCUT2D eigenvalue weighted by Gasteiger charge is 2.51. The number of carbonyl (C=O) groups excluding carboxylic acids is 2. The topological polar surface area (TPSA) is 82.5 Å². The second-order valence-electron chi connectivity index (χ2n) is 15.8. The maximum Gasteiger partial charge on any atom is 0.243 e. The molecule has 0 spiro atoms. The van der Waals surface area contributed by atoms with Crippen molar-refractivity contribution in [2.75, 3.05) is 6.54 Å². The highest BCUT2D eigenvalue weighted by Crippen LogP contribution is 2.51. The Kier molecular flexibility index (Phi) is 10.2. The molecule has 43 heavy (non-hydrogen) atoms. The summed E-state index contributed by atoms with van der Waals surface area (Å²) in [6.45, 7) is 20.0. The molecular weight excluding hydrogens is 554 g/mol.